The summed E-state index contributed by atoms with van der Waals surface area (Å²) in [5.74, 6) is 0. The lowest BCUT2D eigenvalue weighted by Gasteiger charge is -2.17. The van der Waals surface area contributed by atoms with Crippen LogP contribution in [0.3, 0.4) is 0 Å². The topological polar surface area (TPSA) is 40.5 Å². The average Bonchev–Trinajstić information content (AvgIpc) is 2.32. The van der Waals surface area contributed by atoms with Gasteiger partial charge in [0.05, 0.1) is 12.2 Å². The van der Waals surface area contributed by atoms with Gasteiger partial charge in [0.1, 0.15) is 0 Å². The van der Waals surface area contributed by atoms with Gasteiger partial charge in [-0.05, 0) is 55.9 Å². The number of benzene rings is 1. The van der Waals surface area contributed by atoms with E-state index in [-0.39, 0.29) is 0 Å². The molecule has 18 heavy (non-hydrogen) atoms. The van der Waals surface area contributed by atoms with Crippen LogP contribution in [0.4, 0.5) is 0 Å². The molecular weight excluding hydrogens is 248 g/mol. The quantitative estimate of drug-likeness (QED) is 0.832. The molecular formula is C15H23ClO2. The second-order valence-corrected chi connectivity index (χ2v) is 5.40. The fourth-order valence-corrected chi connectivity index (χ4v) is 2.33. The van der Waals surface area contributed by atoms with Crippen molar-refractivity contribution in [3.05, 3.63) is 33.8 Å². The van der Waals surface area contributed by atoms with Crippen molar-refractivity contribution in [2.75, 3.05) is 0 Å². The molecule has 0 spiro atoms. The van der Waals surface area contributed by atoms with Crippen molar-refractivity contribution in [2.24, 2.45) is 0 Å². The molecule has 0 bridgehead atoms. The third-order valence-corrected chi connectivity index (χ3v) is 3.75. The highest BCUT2D eigenvalue weighted by atomic mass is 35.5. The predicted octanol–water partition coefficient (Wildman–Crippen LogP) is 3.41. The van der Waals surface area contributed by atoms with E-state index in [1.165, 1.54) is 11.1 Å². The lowest BCUT2D eigenvalue weighted by atomic mass is 9.98. The lowest BCUT2D eigenvalue weighted by Crippen LogP contribution is -2.26. The summed E-state index contributed by atoms with van der Waals surface area (Å²) in [7, 11) is 0. The Morgan fingerprint density at radius 1 is 1.06 bits per heavy atom. The normalized spacial score (nSPS) is 14.6. The number of hydrogen-bond donors (Lipinski definition) is 2. The number of hydrogen-bond acceptors (Lipinski definition) is 2. The maximum absolute atomic E-state index is 9.83. The Labute approximate surface area is 115 Å². The first-order valence-corrected chi connectivity index (χ1v) is 6.95. The van der Waals surface area contributed by atoms with E-state index in [1.807, 2.05) is 19.9 Å². The molecule has 2 atom stereocenters. The first-order chi connectivity index (χ1) is 8.45. The molecule has 0 aliphatic carbocycles. The molecule has 3 heteroatoms. The van der Waals surface area contributed by atoms with Crippen LogP contribution in [0.25, 0.3) is 0 Å². The summed E-state index contributed by atoms with van der Waals surface area (Å²) in [5.41, 5.74) is 3.43. The number of aryl methyl sites for hydroxylation is 3. The molecule has 1 rings (SSSR count). The Morgan fingerprint density at radius 3 is 2.22 bits per heavy atom. The Hall–Kier alpha value is -0.570. The zero-order valence-corrected chi connectivity index (χ0v) is 12.2. The Bertz CT molecular complexity index is 390. The minimum absolute atomic E-state index is 0.545. The van der Waals surface area contributed by atoms with Gasteiger partial charge in [-0.3, -0.25) is 0 Å². The van der Waals surface area contributed by atoms with Crippen LogP contribution in [-0.4, -0.2) is 22.4 Å². The van der Waals surface area contributed by atoms with Gasteiger partial charge in [-0.15, -0.1) is 0 Å². The van der Waals surface area contributed by atoms with Crippen LogP contribution in [0, 0.1) is 13.8 Å². The first kappa shape index (κ1) is 15.5. The van der Waals surface area contributed by atoms with E-state index in [1.54, 1.807) is 0 Å². The lowest BCUT2D eigenvalue weighted by molar-refractivity contribution is 0.00981. The summed E-state index contributed by atoms with van der Waals surface area (Å²) in [5, 5.41) is 20.3. The molecule has 0 radical (unpaired) electrons. The Balaban J connectivity index is 2.61. The SMILES string of the molecule is CCCC(O)C(O)CCc1cc(C)c(C)cc1Cl. The standard InChI is InChI=1S/C15H23ClO2/c1-4-5-14(17)15(18)7-6-12-8-10(2)11(3)9-13(12)16/h8-9,14-15,17-18H,4-7H2,1-3H3. The molecule has 0 fully saturated rings. The van der Waals surface area contributed by atoms with Crippen molar-refractivity contribution in [1.29, 1.82) is 0 Å². The van der Waals surface area contributed by atoms with Gasteiger partial charge < -0.3 is 10.2 Å². The van der Waals surface area contributed by atoms with Crippen molar-refractivity contribution < 1.29 is 10.2 Å². The number of aliphatic hydroxyl groups is 2. The summed E-state index contributed by atoms with van der Waals surface area (Å²) in [6.45, 7) is 6.08. The van der Waals surface area contributed by atoms with Crippen LogP contribution in [0.2, 0.25) is 5.02 Å². The van der Waals surface area contributed by atoms with Crippen LogP contribution in [0.5, 0.6) is 0 Å². The van der Waals surface area contributed by atoms with E-state index in [0.29, 0.717) is 19.3 Å². The molecule has 0 aromatic heterocycles. The van der Waals surface area contributed by atoms with Gasteiger partial charge in [0.25, 0.3) is 0 Å². The highest BCUT2D eigenvalue weighted by molar-refractivity contribution is 6.31. The third-order valence-electron chi connectivity index (χ3n) is 3.40. The van der Waals surface area contributed by atoms with Crippen LogP contribution < -0.4 is 0 Å². The smallest absolute Gasteiger partial charge is 0.0802 e. The number of halogens is 1. The highest BCUT2D eigenvalue weighted by Crippen LogP contribution is 2.23. The Morgan fingerprint density at radius 2 is 1.61 bits per heavy atom. The van der Waals surface area contributed by atoms with Crippen molar-refractivity contribution >= 4 is 11.6 Å². The van der Waals surface area contributed by atoms with Gasteiger partial charge in [-0.1, -0.05) is 31.0 Å². The zero-order chi connectivity index (χ0) is 13.7. The van der Waals surface area contributed by atoms with Crippen LogP contribution in [-0.2, 0) is 6.42 Å². The highest BCUT2D eigenvalue weighted by Gasteiger charge is 2.15. The summed E-state index contributed by atoms with van der Waals surface area (Å²) < 4.78 is 0. The molecule has 2 nitrogen and oxygen atoms in total. The average molecular weight is 271 g/mol. The molecule has 0 saturated heterocycles. The zero-order valence-electron chi connectivity index (χ0n) is 11.4. The number of rotatable bonds is 6. The summed E-state index contributed by atoms with van der Waals surface area (Å²) >= 11 is 6.18. The van der Waals surface area contributed by atoms with E-state index in [4.69, 9.17) is 11.6 Å². The molecule has 0 aliphatic heterocycles. The Kier molecular flexibility index (Phi) is 6.13. The van der Waals surface area contributed by atoms with Gasteiger partial charge in [-0.2, -0.15) is 0 Å². The molecule has 102 valence electrons. The van der Waals surface area contributed by atoms with Crippen LogP contribution in [0.1, 0.15) is 42.9 Å². The molecule has 0 amide bonds. The molecule has 0 aliphatic rings. The van der Waals surface area contributed by atoms with Crippen LogP contribution >= 0.6 is 11.6 Å². The van der Waals surface area contributed by atoms with E-state index in [9.17, 15) is 10.2 Å². The maximum atomic E-state index is 9.83. The van der Waals surface area contributed by atoms with Gasteiger partial charge in [-0.25, -0.2) is 0 Å². The van der Waals surface area contributed by atoms with E-state index >= 15 is 0 Å². The molecule has 0 saturated carbocycles. The molecule has 2 unspecified atom stereocenters. The number of aliphatic hydroxyl groups excluding tert-OH is 2. The van der Waals surface area contributed by atoms with Gasteiger partial charge in [0, 0.05) is 5.02 Å². The van der Waals surface area contributed by atoms with Crippen molar-refractivity contribution in [1.82, 2.24) is 0 Å². The summed E-state index contributed by atoms with van der Waals surface area (Å²) in [6, 6.07) is 4.03. The maximum Gasteiger partial charge on any atom is 0.0802 e. The summed E-state index contributed by atoms with van der Waals surface area (Å²) in [6.07, 6.45) is 1.47. The molecule has 2 N–H and O–H groups in total. The molecule has 1 aromatic carbocycles. The fraction of sp³-hybridized carbons (Fsp3) is 0.600. The van der Waals surface area contributed by atoms with E-state index < -0.39 is 12.2 Å². The van der Waals surface area contributed by atoms with E-state index in [2.05, 4.69) is 13.0 Å². The van der Waals surface area contributed by atoms with Crippen molar-refractivity contribution in [2.45, 2.75) is 58.7 Å². The van der Waals surface area contributed by atoms with Crippen molar-refractivity contribution in [3.63, 3.8) is 0 Å². The van der Waals surface area contributed by atoms with Gasteiger partial charge in [0.2, 0.25) is 0 Å². The minimum atomic E-state index is -0.664. The largest absolute Gasteiger partial charge is 0.390 e. The van der Waals surface area contributed by atoms with Crippen molar-refractivity contribution in [3.8, 4) is 0 Å². The second kappa shape index (κ2) is 7.13. The van der Waals surface area contributed by atoms with Gasteiger partial charge >= 0.3 is 0 Å². The van der Waals surface area contributed by atoms with Crippen LogP contribution in [0.15, 0.2) is 12.1 Å². The first-order valence-electron chi connectivity index (χ1n) is 6.57. The van der Waals surface area contributed by atoms with E-state index in [0.717, 1.165) is 17.0 Å². The third kappa shape index (κ3) is 4.27. The second-order valence-electron chi connectivity index (χ2n) is 4.99. The molecule has 1 aromatic rings. The fourth-order valence-electron chi connectivity index (χ4n) is 2.02. The monoisotopic (exact) mass is 270 g/mol. The molecule has 0 heterocycles. The minimum Gasteiger partial charge on any atom is -0.390 e. The summed E-state index contributed by atoms with van der Waals surface area (Å²) in [4.78, 5) is 0. The predicted molar refractivity (Wildman–Crippen MR) is 76.2 cm³/mol. The van der Waals surface area contributed by atoms with Gasteiger partial charge in [0.15, 0.2) is 0 Å².